The molecule has 0 radical (unpaired) electrons. The summed E-state index contributed by atoms with van der Waals surface area (Å²) >= 11 is 0. The van der Waals surface area contributed by atoms with Crippen LogP contribution in [0.1, 0.15) is 31.1 Å². The van der Waals surface area contributed by atoms with Crippen molar-refractivity contribution >= 4 is 17.8 Å². The van der Waals surface area contributed by atoms with Crippen molar-refractivity contribution in [1.82, 2.24) is 10.6 Å². The first-order valence-corrected chi connectivity index (χ1v) is 8.72. The van der Waals surface area contributed by atoms with Gasteiger partial charge in [-0.2, -0.15) is 0 Å². The van der Waals surface area contributed by atoms with E-state index in [1.54, 1.807) is 38.1 Å². The van der Waals surface area contributed by atoms with E-state index in [-0.39, 0.29) is 5.92 Å². The van der Waals surface area contributed by atoms with Gasteiger partial charge in [0, 0.05) is 19.2 Å². The van der Waals surface area contributed by atoms with E-state index in [4.69, 9.17) is 14.2 Å². The van der Waals surface area contributed by atoms with E-state index in [9.17, 15) is 14.4 Å². The summed E-state index contributed by atoms with van der Waals surface area (Å²) in [5.74, 6) is -1.10. The minimum atomic E-state index is -0.978. The Morgan fingerprint density at radius 3 is 2.19 bits per heavy atom. The van der Waals surface area contributed by atoms with Gasteiger partial charge in [-0.3, -0.25) is 9.59 Å². The lowest BCUT2D eigenvalue weighted by atomic mass is 10.0. The summed E-state index contributed by atoms with van der Waals surface area (Å²) < 4.78 is 15.1. The van der Waals surface area contributed by atoms with E-state index in [2.05, 4.69) is 10.6 Å². The van der Waals surface area contributed by atoms with Crippen molar-refractivity contribution < 1.29 is 28.6 Å². The van der Waals surface area contributed by atoms with Crippen LogP contribution in [0.4, 0.5) is 0 Å². The Balaban J connectivity index is 2.69. The third-order valence-electron chi connectivity index (χ3n) is 3.83. The molecule has 1 aromatic carbocycles. The molecule has 2 amide bonds. The smallest absolute Gasteiger partial charge is 0.329 e. The van der Waals surface area contributed by atoms with Crippen molar-refractivity contribution in [3.8, 4) is 5.75 Å². The number of rotatable bonds is 10. The number of methoxy groups -OCH3 is 2. The van der Waals surface area contributed by atoms with Crippen LogP contribution in [-0.2, 0) is 19.1 Å². The molecule has 0 fully saturated rings. The first kappa shape index (κ1) is 22.4. The molecule has 0 aromatic heterocycles. The Morgan fingerprint density at radius 2 is 1.67 bits per heavy atom. The highest BCUT2D eigenvalue weighted by atomic mass is 16.5. The summed E-state index contributed by atoms with van der Waals surface area (Å²) in [6, 6.07) is 5.63. The molecule has 1 aromatic rings. The second kappa shape index (κ2) is 11.2. The number of carbonyl (C=O) groups excluding carboxylic acids is 3. The Hall–Kier alpha value is -2.61. The lowest BCUT2D eigenvalue weighted by Crippen LogP contribution is -2.47. The van der Waals surface area contributed by atoms with E-state index >= 15 is 0 Å². The molecule has 0 aliphatic carbocycles. The van der Waals surface area contributed by atoms with E-state index in [0.29, 0.717) is 24.5 Å². The Bertz CT molecular complexity index is 630. The lowest BCUT2D eigenvalue weighted by molar-refractivity contribution is -0.157. The summed E-state index contributed by atoms with van der Waals surface area (Å²) in [5, 5.41) is 5.25. The molecule has 150 valence electrons. The molecule has 0 bridgehead atoms. The topological polar surface area (TPSA) is 103 Å². The lowest BCUT2D eigenvalue weighted by Gasteiger charge is -2.23. The minimum Gasteiger partial charge on any atom is -0.497 e. The number of esters is 1. The maximum Gasteiger partial charge on any atom is 0.329 e. The fraction of sp³-hybridized carbons (Fsp3) is 0.526. The number of nitrogens with one attached hydrogen (secondary N) is 2. The summed E-state index contributed by atoms with van der Waals surface area (Å²) in [6.45, 7) is 5.72. The maximum atomic E-state index is 12.4. The predicted molar refractivity (Wildman–Crippen MR) is 99.5 cm³/mol. The van der Waals surface area contributed by atoms with Crippen LogP contribution in [0.5, 0.6) is 5.75 Å². The average Bonchev–Trinajstić information content (AvgIpc) is 2.65. The fourth-order valence-corrected chi connectivity index (χ4v) is 2.19. The fourth-order valence-electron chi connectivity index (χ4n) is 2.19. The van der Waals surface area contributed by atoms with Gasteiger partial charge in [-0.1, -0.05) is 13.8 Å². The average molecular weight is 380 g/mol. The molecule has 1 rings (SSSR count). The van der Waals surface area contributed by atoms with Gasteiger partial charge >= 0.3 is 5.97 Å². The molecule has 2 atom stereocenters. The molecule has 0 spiro atoms. The van der Waals surface area contributed by atoms with Gasteiger partial charge < -0.3 is 24.8 Å². The number of amides is 2. The molecule has 2 N–H and O–H groups in total. The largest absolute Gasteiger partial charge is 0.497 e. The molecule has 8 nitrogen and oxygen atoms in total. The minimum absolute atomic E-state index is 0.219. The SMILES string of the molecule is COCCNC(=O)[C@@H](C)OC(=O)[C@@H](NC(=O)c1ccc(OC)cc1)C(C)C. The van der Waals surface area contributed by atoms with E-state index in [1.165, 1.54) is 21.1 Å². The molecule has 0 saturated heterocycles. The van der Waals surface area contributed by atoms with Crippen LogP contribution in [0, 0.1) is 5.92 Å². The van der Waals surface area contributed by atoms with Gasteiger partial charge in [0.15, 0.2) is 6.10 Å². The van der Waals surface area contributed by atoms with Crippen molar-refractivity contribution in [1.29, 1.82) is 0 Å². The van der Waals surface area contributed by atoms with Gasteiger partial charge in [0.2, 0.25) is 0 Å². The van der Waals surface area contributed by atoms with Crippen LogP contribution >= 0.6 is 0 Å². The molecule has 8 heteroatoms. The van der Waals surface area contributed by atoms with Crippen molar-refractivity contribution in [2.45, 2.75) is 32.9 Å². The van der Waals surface area contributed by atoms with Gasteiger partial charge in [-0.05, 0) is 37.1 Å². The van der Waals surface area contributed by atoms with Crippen LogP contribution in [0.15, 0.2) is 24.3 Å². The third kappa shape index (κ3) is 7.26. The second-order valence-electron chi connectivity index (χ2n) is 6.29. The van der Waals surface area contributed by atoms with Crippen molar-refractivity contribution in [2.24, 2.45) is 5.92 Å². The Kier molecular flexibility index (Phi) is 9.29. The van der Waals surface area contributed by atoms with E-state index in [0.717, 1.165) is 0 Å². The standard InChI is InChI=1S/C19H28N2O6/c1-12(2)16(19(24)27-13(3)17(22)20-10-11-25-4)21-18(23)14-6-8-15(26-5)9-7-14/h6-9,12-13,16H,10-11H2,1-5H3,(H,20,22)(H,21,23)/t13-,16+/m1/s1. The second-order valence-corrected chi connectivity index (χ2v) is 6.29. The number of hydrogen-bond acceptors (Lipinski definition) is 6. The van der Waals surface area contributed by atoms with Crippen LogP contribution in [0.2, 0.25) is 0 Å². The van der Waals surface area contributed by atoms with Gasteiger partial charge in [0.05, 0.1) is 13.7 Å². The predicted octanol–water partition coefficient (Wildman–Crippen LogP) is 1.14. The third-order valence-corrected chi connectivity index (χ3v) is 3.83. The maximum absolute atomic E-state index is 12.4. The summed E-state index contributed by atoms with van der Waals surface area (Å²) in [6.07, 6.45) is -0.978. The molecule has 27 heavy (non-hydrogen) atoms. The number of benzene rings is 1. The molecule has 0 heterocycles. The first-order valence-electron chi connectivity index (χ1n) is 8.72. The molecule has 0 saturated carbocycles. The highest BCUT2D eigenvalue weighted by Crippen LogP contribution is 2.13. The van der Waals surface area contributed by atoms with Crippen molar-refractivity contribution in [3.05, 3.63) is 29.8 Å². The number of carbonyl (C=O) groups is 3. The van der Waals surface area contributed by atoms with Gasteiger partial charge in [-0.15, -0.1) is 0 Å². The molecule has 0 aliphatic rings. The zero-order valence-corrected chi connectivity index (χ0v) is 16.4. The van der Waals surface area contributed by atoms with Crippen molar-refractivity contribution in [3.63, 3.8) is 0 Å². The Morgan fingerprint density at radius 1 is 1.04 bits per heavy atom. The van der Waals surface area contributed by atoms with Crippen LogP contribution in [0.25, 0.3) is 0 Å². The van der Waals surface area contributed by atoms with Gasteiger partial charge in [-0.25, -0.2) is 4.79 Å². The molecule has 0 unspecified atom stereocenters. The highest BCUT2D eigenvalue weighted by Gasteiger charge is 2.29. The van der Waals surface area contributed by atoms with E-state index in [1.807, 2.05) is 0 Å². The zero-order chi connectivity index (χ0) is 20.4. The molecule has 0 aliphatic heterocycles. The quantitative estimate of drug-likeness (QED) is 0.466. The highest BCUT2D eigenvalue weighted by molar-refractivity contribution is 5.97. The summed E-state index contributed by atoms with van der Waals surface area (Å²) in [7, 11) is 3.06. The normalized spacial score (nSPS) is 12.8. The summed E-state index contributed by atoms with van der Waals surface area (Å²) in [5.41, 5.74) is 0.389. The number of ether oxygens (including phenoxy) is 3. The monoisotopic (exact) mass is 380 g/mol. The van der Waals surface area contributed by atoms with Crippen LogP contribution in [-0.4, -0.2) is 57.3 Å². The van der Waals surface area contributed by atoms with Gasteiger partial charge in [0.1, 0.15) is 11.8 Å². The molecular weight excluding hydrogens is 352 g/mol. The Labute approximate surface area is 159 Å². The van der Waals surface area contributed by atoms with Gasteiger partial charge in [0.25, 0.3) is 11.8 Å². The van der Waals surface area contributed by atoms with Crippen LogP contribution in [0.3, 0.4) is 0 Å². The van der Waals surface area contributed by atoms with E-state index < -0.39 is 29.9 Å². The first-order chi connectivity index (χ1) is 12.8. The van der Waals surface area contributed by atoms with Crippen LogP contribution < -0.4 is 15.4 Å². The van der Waals surface area contributed by atoms with Crippen molar-refractivity contribution in [2.75, 3.05) is 27.4 Å². The number of hydrogen-bond donors (Lipinski definition) is 2. The zero-order valence-electron chi connectivity index (χ0n) is 16.4. The summed E-state index contributed by atoms with van der Waals surface area (Å²) in [4.78, 5) is 36.7. The molecular formula is C19H28N2O6.